The predicted molar refractivity (Wildman–Crippen MR) is 244 cm³/mol. The largest absolute Gasteiger partial charge is 0.444 e. The average Bonchev–Trinajstić information content (AvgIpc) is 3.94. The van der Waals surface area contributed by atoms with Gasteiger partial charge in [-0.2, -0.15) is 0 Å². The molecule has 0 aliphatic carbocycles. The smallest absolute Gasteiger partial charge is 0.411 e. The summed E-state index contributed by atoms with van der Waals surface area (Å²) in [6.07, 6.45) is 12.8. The van der Waals surface area contributed by atoms with Gasteiger partial charge >= 0.3 is 18.3 Å². The van der Waals surface area contributed by atoms with Gasteiger partial charge in [-0.05, 0) is 132 Å². The molecule has 5 heterocycles. The van der Waals surface area contributed by atoms with Crippen LogP contribution in [0.2, 0.25) is 0 Å². The quantitative estimate of drug-likeness (QED) is 0.162. The van der Waals surface area contributed by atoms with Gasteiger partial charge in [0, 0.05) is 41.6 Å². The van der Waals surface area contributed by atoms with Crippen LogP contribution in [0.4, 0.5) is 23.2 Å². The number of amides is 3. The number of aliphatic hydroxyl groups excluding tert-OH is 2. The van der Waals surface area contributed by atoms with Crippen molar-refractivity contribution in [2.45, 2.75) is 225 Å². The molecule has 0 spiro atoms. The lowest BCUT2D eigenvalue weighted by atomic mass is 10.0. The molecule has 8 atom stereocenters. The first-order chi connectivity index (χ1) is 30.3. The summed E-state index contributed by atoms with van der Waals surface area (Å²) in [5, 5.41) is 21.4. The van der Waals surface area contributed by atoms with E-state index in [2.05, 4.69) is 30.7 Å². The number of rotatable bonds is 11. The molecule has 0 unspecified atom stereocenters. The number of ether oxygens (including phenoxy) is 3. The van der Waals surface area contributed by atoms with Gasteiger partial charge in [0.25, 0.3) is 0 Å². The van der Waals surface area contributed by atoms with Crippen molar-refractivity contribution in [3.63, 3.8) is 0 Å². The minimum absolute atomic E-state index is 0.0334. The summed E-state index contributed by atoms with van der Waals surface area (Å²) in [5.41, 5.74) is -0.959. The molecule has 0 bridgehead atoms. The molecule has 16 heteroatoms. The molecule has 5 rings (SSSR count). The van der Waals surface area contributed by atoms with Crippen LogP contribution in [0.3, 0.4) is 0 Å². The fourth-order valence-electron chi connectivity index (χ4n) is 8.76. The van der Waals surface area contributed by atoms with E-state index in [4.69, 9.17) is 14.2 Å². The van der Waals surface area contributed by atoms with Crippen molar-refractivity contribution in [2.24, 2.45) is 0 Å². The second-order valence-electron chi connectivity index (χ2n) is 20.3. The minimum Gasteiger partial charge on any atom is -0.444 e. The van der Waals surface area contributed by atoms with Gasteiger partial charge in [-0.1, -0.05) is 40.0 Å². The Morgan fingerprint density at radius 1 is 0.600 bits per heavy atom. The summed E-state index contributed by atoms with van der Waals surface area (Å²) in [4.78, 5) is 60.9. The van der Waals surface area contributed by atoms with Crippen molar-refractivity contribution < 1.29 is 52.4 Å². The third-order valence-corrected chi connectivity index (χ3v) is 11.3. The molecule has 14 nitrogen and oxygen atoms in total. The molecule has 0 saturated carbocycles. The van der Waals surface area contributed by atoms with Crippen LogP contribution in [0.25, 0.3) is 0 Å². The van der Waals surface area contributed by atoms with Crippen molar-refractivity contribution in [2.75, 3.05) is 0 Å². The molecule has 3 fully saturated rings. The lowest BCUT2D eigenvalue weighted by Crippen LogP contribution is -2.46. The lowest BCUT2D eigenvalue weighted by molar-refractivity contribution is -0.112. The van der Waals surface area contributed by atoms with Gasteiger partial charge in [-0.15, -0.1) is 0 Å². The zero-order chi connectivity index (χ0) is 48.9. The summed E-state index contributed by atoms with van der Waals surface area (Å²) >= 11 is 0. The molecule has 3 aliphatic heterocycles. The number of aromatic nitrogens is 2. The van der Waals surface area contributed by atoms with Gasteiger partial charge < -0.3 is 29.2 Å². The highest BCUT2D eigenvalue weighted by Crippen LogP contribution is 2.38. The molecule has 3 amide bonds. The first kappa shape index (κ1) is 54.9. The number of aliphatic hydroxyl groups is 2. The van der Waals surface area contributed by atoms with Gasteiger partial charge in [0.1, 0.15) is 46.9 Å². The monoisotopic (exact) mass is 918 g/mol. The maximum absolute atomic E-state index is 13.4. The van der Waals surface area contributed by atoms with Crippen LogP contribution >= 0.6 is 0 Å². The van der Waals surface area contributed by atoms with Crippen molar-refractivity contribution in [1.82, 2.24) is 24.7 Å². The van der Waals surface area contributed by atoms with Crippen LogP contribution in [0, 0.1) is 11.6 Å². The molecule has 3 saturated heterocycles. The molecular formula is C49H77F2N5O9. The van der Waals surface area contributed by atoms with Gasteiger partial charge in [0.15, 0.2) is 0 Å². The fraction of sp³-hybridized carbons (Fsp3) is 0.714. The molecule has 0 aromatic carbocycles. The van der Waals surface area contributed by atoms with Crippen molar-refractivity contribution in [1.29, 1.82) is 0 Å². The van der Waals surface area contributed by atoms with Crippen LogP contribution < -0.4 is 0 Å². The van der Waals surface area contributed by atoms with Crippen LogP contribution in [0.1, 0.15) is 183 Å². The summed E-state index contributed by atoms with van der Waals surface area (Å²) in [7, 11) is 0. The Balaban J connectivity index is 0.000000264. The molecule has 366 valence electrons. The number of halogens is 2. The standard InChI is InChI=1S/2C18H27FN2O3.C13H23NO3/c2*1-5-6-14-7-8-15(21(14)17(23)24-18(2,3)4)16(22)12-9-13(19)11-20-10-12;1-5-6-10-7-8-11(9-15)14(10)12(16)17-13(2,3)4/h2*9-11,14-16,22H,5-8H2,1-4H3;9-11H,5-8H2,1-4H3/t2*14-,15-,16-;10-,11-/m111/s1. The van der Waals surface area contributed by atoms with Crippen LogP contribution in [0.5, 0.6) is 0 Å². The number of hydrogen-bond acceptors (Lipinski definition) is 11. The highest BCUT2D eigenvalue weighted by atomic mass is 19.1. The zero-order valence-electron chi connectivity index (χ0n) is 40.9. The molecule has 2 N–H and O–H groups in total. The first-order valence-corrected chi connectivity index (χ1v) is 23.4. The summed E-state index contributed by atoms with van der Waals surface area (Å²) in [5.74, 6) is -1.00. The first-order valence-electron chi connectivity index (χ1n) is 23.4. The Kier molecular flexibility index (Phi) is 20.6. The van der Waals surface area contributed by atoms with E-state index < -0.39 is 64.9 Å². The number of hydrogen-bond donors (Lipinski definition) is 2. The van der Waals surface area contributed by atoms with E-state index in [1.54, 1.807) is 14.7 Å². The Morgan fingerprint density at radius 3 is 1.23 bits per heavy atom. The SMILES string of the molecule is CCC[C@@H]1CC[C@H](C=O)N1C(=O)OC(C)(C)C.CCC[C@@H]1CC[C@H]([C@H](O)c2cncc(F)c2)N1C(=O)OC(C)(C)C.CCC[C@@H]1CC[C@H]([C@H](O)c2cncc(F)c2)N1C(=O)OC(C)(C)C. The summed E-state index contributed by atoms with van der Waals surface area (Å²) < 4.78 is 43.2. The highest BCUT2D eigenvalue weighted by Gasteiger charge is 2.44. The van der Waals surface area contributed by atoms with Crippen LogP contribution in [-0.4, -0.2) is 113 Å². The number of nitrogens with zero attached hydrogens (tertiary/aromatic N) is 5. The second kappa shape index (κ2) is 24.4. The van der Waals surface area contributed by atoms with Crippen LogP contribution in [0.15, 0.2) is 36.9 Å². The maximum Gasteiger partial charge on any atom is 0.411 e. The van der Waals surface area contributed by atoms with Crippen molar-refractivity contribution in [3.8, 4) is 0 Å². The second-order valence-corrected chi connectivity index (χ2v) is 20.3. The Bertz CT molecular complexity index is 1730. The highest BCUT2D eigenvalue weighted by molar-refractivity contribution is 5.75. The molecule has 0 radical (unpaired) electrons. The van der Waals surface area contributed by atoms with Crippen molar-refractivity contribution >= 4 is 24.6 Å². The topological polar surface area (TPSA) is 172 Å². The summed E-state index contributed by atoms with van der Waals surface area (Å²) in [6, 6.07) is 1.58. The third kappa shape index (κ3) is 16.7. The Hall–Kier alpha value is -4.44. The molecule has 2 aromatic rings. The number of carbonyl (C=O) groups is 4. The zero-order valence-corrected chi connectivity index (χ0v) is 40.9. The van der Waals surface area contributed by atoms with Gasteiger partial charge in [0.2, 0.25) is 0 Å². The maximum atomic E-state index is 13.4. The van der Waals surface area contributed by atoms with E-state index in [0.717, 1.165) is 82.9 Å². The predicted octanol–water partition coefficient (Wildman–Crippen LogP) is 10.4. The number of carbonyl (C=O) groups excluding carboxylic acids is 4. The van der Waals surface area contributed by atoms with E-state index in [-0.39, 0.29) is 30.3 Å². The fourth-order valence-corrected chi connectivity index (χ4v) is 8.76. The molecular weight excluding hydrogens is 841 g/mol. The molecule has 2 aromatic heterocycles. The Morgan fingerprint density at radius 2 is 0.923 bits per heavy atom. The number of likely N-dealkylation sites (tertiary alicyclic amines) is 3. The van der Waals surface area contributed by atoms with Gasteiger partial charge in [-0.3, -0.25) is 24.7 Å². The summed E-state index contributed by atoms with van der Waals surface area (Å²) in [6.45, 7) is 22.6. The van der Waals surface area contributed by atoms with E-state index in [0.29, 0.717) is 24.0 Å². The van der Waals surface area contributed by atoms with E-state index in [1.165, 1.54) is 24.5 Å². The molecule has 3 aliphatic rings. The van der Waals surface area contributed by atoms with Crippen molar-refractivity contribution in [3.05, 3.63) is 59.7 Å². The minimum atomic E-state index is -0.984. The van der Waals surface area contributed by atoms with Gasteiger partial charge in [0.05, 0.1) is 30.5 Å². The molecule has 65 heavy (non-hydrogen) atoms. The third-order valence-electron chi connectivity index (χ3n) is 11.3. The van der Waals surface area contributed by atoms with Crippen LogP contribution in [-0.2, 0) is 19.0 Å². The van der Waals surface area contributed by atoms with Gasteiger partial charge in [-0.25, -0.2) is 23.2 Å². The lowest BCUT2D eigenvalue weighted by Gasteiger charge is -2.34. The average molecular weight is 918 g/mol. The normalized spacial score (nSPS) is 23.1. The van der Waals surface area contributed by atoms with E-state index in [1.807, 2.05) is 62.3 Å². The number of pyridine rings is 2. The Labute approximate surface area is 385 Å². The van der Waals surface area contributed by atoms with E-state index in [9.17, 15) is 38.2 Å². The number of aldehydes is 1. The van der Waals surface area contributed by atoms with E-state index >= 15 is 0 Å².